The Bertz CT molecular complexity index is 772. The first-order valence-electron chi connectivity index (χ1n) is 11.1. The Kier molecular flexibility index (Phi) is 12.2. The van der Waals surface area contributed by atoms with Crippen molar-refractivity contribution in [1.82, 2.24) is 0 Å². The van der Waals surface area contributed by atoms with Crippen molar-refractivity contribution >= 4 is 43.0 Å². The zero-order chi connectivity index (χ0) is 30.9. The summed E-state index contributed by atoms with van der Waals surface area (Å²) >= 11 is 0. The Morgan fingerprint density at radius 1 is 0.500 bits per heavy atom. The van der Waals surface area contributed by atoms with Gasteiger partial charge in [-0.15, -0.1) is 0 Å². The van der Waals surface area contributed by atoms with Crippen LogP contribution in [-0.2, 0) is 29.7 Å². The highest BCUT2D eigenvalue weighted by molar-refractivity contribution is 6.89. The molecular weight excluding hydrogens is 628 g/mol. The minimum Gasteiger partial charge on any atom is -0.436 e. The number of rotatable bonds is 16. The van der Waals surface area contributed by atoms with Gasteiger partial charge >= 0.3 is 58.7 Å². The van der Waals surface area contributed by atoms with E-state index in [4.69, 9.17) is 29.7 Å². The molecule has 0 rings (SSSR count). The molecule has 0 unspecified atom stereocenters. The quantitative estimate of drug-likeness (QED) is 0.136. The van der Waals surface area contributed by atoms with Crippen LogP contribution >= 0.6 is 0 Å². The van der Waals surface area contributed by atoms with Crippen LogP contribution in [0.1, 0.15) is 6.42 Å². The molecule has 0 atom stereocenters. The van der Waals surface area contributed by atoms with Gasteiger partial charge in [0.25, 0.3) is 0 Å². The SMILES string of the molecule is CO[Si](OC)(OC)O[Si](C)(C)O[Si](C)(C)O[Si](C)(C)O[Si](C)(C)CCC(F)(F)C(F)(F)C(F)(F)C(F)(F)F. The smallest absolute Gasteiger partial charge is 0.436 e. The third-order valence-electron chi connectivity index (χ3n) is 4.88. The summed E-state index contributed by atoms with van der Waals surface area (Å²) in [5, 5.41) is 0. The summed E-state index contributed by atoms with van der Waals surface area (Å²) in [5.74, 6) is -19.2. The summed E-state index contributed by atoms with van der Waals surface area (Å²) < 4.78 is 159. The van der Waals surface area contributed by atoms with Gasteiger partial charge in [0.05, 0.1) is 0 Å². The Balaban J connectivity index is 5.52. The third-order valence-corrected chi connectivity index (χ3v) is 22.8. The molecule has 0 bridgehead atoms. The minimum atomic E-state index is -6.92. The largest absolute Gasteiger partial charge is 0.669 e. The average molecular weight is 665 g/mol. The molecule has 0 aliphatic carbocycles. The third kappa shape index (κ3) is 9.92. The second-order valence-corrected chi connectivity index (χ2v) is 28.2. The number of alkyl halides is 9. The van der Waals surface area contributed by atoms with Gasteiger partial charge in [-0.2, -0.15) is 39.5 Å². The van der Waals surface area contributed by atoms with Gasteiger partial charge in [0.2, 0.25) is 0 Å². The van der Waals surface area contributed by atoms with Gasteiger partial charge in [0.15, 0.2) is 8.32 Å². The molecule has 0 aromatic carbocycles. The van der Waals surface area contributed by atoms with E-state index in [1.165, 1.54) is 34.4 Å². The van der Waals surface area contributed by atoms with E-state index in [2.05, 4.69) is 0 Å². The molecular formula is C17H37F9O7Si5. The maximum Gasteiger partial charge on any atom is 0.669 e. The van der Waals surface area contributed by atoms with Crippen LogP contribution in [0.4, 0.5) is 39.5 Å². The van der Waals surface area contributed by atoms with Gasteiger partial charge in [-0.05, 0) is 58.4 Å². The predicted molar refractivity (Wildman–Crippen MR) is 131 cm³/mol. The van der Waals surface area contributed by atoms with E-state index in [-0.39, 0.29) is 0 Å². The molecule has 230 valence electrons. The van der Waals surface area contributed by atoms with Crippen molar-refractivity contribution in [2.75, 3.05) is 21.3 Å². The van der Waals surface area contributed by atoms with E-state index >= 15 is 0 Å². The molecule has 21 heteroatoms. The van der Waals surface area contributed by atoms with E-state index in [0.29, 0.717) is 0 Å². The van der Waals surface area contributed by atoms with Crippen molar-refractivity contribution in [3.63, 3.8) is 0 Å². The van der Waals surface area contributed by atoms with Crippen molar-refractivity contribution in [3.05, 3.63) is 0 Å². The molecule has 0 aliphatic rings. The number of halogens is 9. The Morgan fingerprint density at radius 3 is 1.18 bits per heavy atom. The normalized spacial score (nSPS) is 15.8. The van der Waals surface area contributed by atoms with Gasteiger partial charge in [-0.1, -0.05) is 0 Å². The van der Waals surface area contributed by atoms with Gasteiger partial charge in [-0.25, -0.2) is 0 Å². The number of hydrogen-bond donors (Lipinski definition) is 0. The maximum atomic E-state index is 14.0. The van der Waals surface area contributed by atoms with E-state index in [0.717, 1.165) is 0 Å². The molecule has 0 aromatic rings. The first-order chi connectivity index (χ1) is 16.5. The maximum absolute atomic E-state index is 14.0. The fraction of sp³-hybridized carbons (Fsp3) is 1.00. The summed E-state index contributed by atoms with van der Waals surface area (Å²) in [5.41, 5.74) is 0. The Labute approximate surface area is 222 Å². The molecule has 38 heavy (non-hydrogen) atoms. The first kappa shape index (κ1) is 38.2. The highest BCUT2D eigenvalue weighted by atomic mass is 28.5. The molecule has 0 N–H and O–H groups in total. The van der Waals surface area contributed by atoms with Crippen LogP contribution in [-0.4, -0.2) is 88.3 Å². The average Bonchev–Trinajstić information content (AvgIpc) is 2.67. The number of hydrogen-bond acceptors (Lipinski definition) is 7. The lowest BCUT2D eigenvalue weighted by Crippen LogP contribution is -2.62. The van der Waals surface area contributed by atoms with Crippen molar-refractivity contribution in [1.29, 1.82) is 0 Å². The van der Waals surface area contributed by atoms with E-state index in [1.807, 2.05) is 0 Å². The Hall–Kier alpha value is 0.174. The molecule has 0 spiro atoms. The van der Waals surface area contributed by atoms with E-state index in [9.17, 15) is 39.5 Å². The van der Waals surface area contributed by atoms with Gasteiger partial charge in [0, 0.05) is 27.8 Å². The standard InChI is InChI=1S/C17H37F9O7Si5/c1-27-38(28-2,29-3)33-37(10,11)32-36(8,9)31-35(6,7)30-34(4,5)13-12-14(18,19)15(20,21)16(22,23)17(24,25)26/h12-13H2,1-11H3. The van der Waals surface area contributed by atoms with Crippen molar-refractivity contribution < 1.29 is 69.3 Å². The molecule has 0 fully saturated rings. The van der Waals surface area contributed by atoms with Crippen LogP contribution in [0.5, 0.6) is 0 Å². The molecule has 0 saturated carbocycles. The summed E-state index contributed by atoms with van der Waals surface area (Å²) in [7, 11) is -12.2. The molecule has 0 aromatic heterocycles. The molecule has 0 saturated heterocycles. The fourth-order valence-electron chi connectivity index (χ4n) is 3.66. The summed E-state index contributed by atoms with van der Waals surface area (Å²) in [4.78, 5) is 0. The van der Waals surface area contributed by atoms with Crippen LogP contribution in [0.15, 0.2) is 0 Å². The van der Waals surface area contributed by atoms with Crippen molar-refractivity contribution in [2.24, 2.45) is 0 Å². The van der Waals surface area contributed by atoms with Gasteiger partial charge in [-0.3, -0.25) is 0 Å². The monoisotopic (exact) mass is 664 g/mol. The molecule has 0 radical (unpaired) electrons. The highest BCUT2D eigenvalue weighted by Crippen LogP contribution is 2.54. The van der Waals surface area contributed by atoms with Crippen LogP contribution in [0, 0.1) is 0 Å². The topological polar surface area (TPSA) is 64.6 Å². The van der Waals surface area contributed by atoms with Crippen LogP contribution in [0.25, 0.3) is 0 Å². The second kappa shape index (κ2) is 12.2. The Morgan fingerprint density at radius 2 is 0.842 bits per heavy atom. The lowest BCUT2D eigenvalue weighted by molar-refractivity contribution is -0.396. The van der Waals surface area contributed by atoms with E-state index in [1.54, 1.807) is 39.3 Å². The molecule has 0 heterocycles. The second-order valence-electron chi connectivity index (χ2n) is 10.3. The van der Waals surface area contributed by atoms with Crippen LogP contribution < -0.4 is 0 Å². The van der Waals surface area contributed by atoms with Gasteiger partial charge < -0.3 is 29.7 Å². The van der Waals surface area contributed by atoms with Crippen molar-refractivity contribution in [2.45, 2.75) is 88.8 Å². The fourth-order valence-corrected chi connectivity index (χ4v) is 25.3. The zero-order valence-corrected chi connectivity index (χ0v) is 28.2. The van der Waals surface area contributed by atoms with Crippen LogP contribution in [0.3, 0.4) is 0 Å². The summed E-state index contributed by atoms with van der Waals surface area (Å²) in [6, 6.07) is -0.848. The highest BCUT2D eigenvalue weighted by Gasteiger charge is 2.81. The molecule has 7 nitrogen and oxygen atoms in total. The first-order valence-corrected chi connectivity index (χ1v) is 24.3. The zero-order valence-electron chi connectivity index (χ0n) is 23.2. The lowest BCUT2D eigenvalue weighted by atomic mass is 10.0. The lowest BCUT2D eigenvalue weighted by Gasteiger charge is -2.42. The molecule has 0 amide bonds. The van der Waals surface area contributed by atoms with Crippen LogP contribution in [0.2, 0.25) is 58.4 Å². The minimum absolute atomic E-state index is 0.848. The molecule has 0 aliphatic heterocycles. The summed E-state index contributed by atoms with van der Waals surface area (Å²) in [6.07, 6.45) is -8.81. The van der Waals surface area contributed by atoms with Gasteiger partial charge in [0.1, 0.15) is 0 Å². The van der Waals surface area contributed by atoms with E-state index < -0.39 is 79.5 Å². The predicted octanol–water partition coefficient (Wildman–Crippen LogP) is 6.60. The van der Waals surface area contributed by atoms with Crippen molar-refractivity contribution in [3.8, 4) is 0 Å². The summed E-state index contributed by atoms with van der Waals surface area (Å²) in [6.45, 7) is 12.4.